The number of halogens is 3. The van der Waals surface area contributed by atoms with Gasteiger partial charge in [-0.05, 0) is 76.1 Å². The molecule has 0 aliphatic rings. The van der Waals surface area contributed by atoms with Gasteiger partial charge in [0, 0.05) is 5.92 Å². The summed E-state index contributed by atoms with van der Waals surface area (Å²) in [4.78, 5) is 0. The lowest BCUT2D eigenvalue weighted by Gasteiger charge is -2.18. The van der Waals surface area contributed by atoms with Crippen LogP contribution in [0.5, 0.6) is 0 Å². The van der Waals surface area contributed by atoms with Gasteiger partial charge in [0.05, 0.1) is 0 Å². The molecule has 2 rings (SSSR count). The fraction of sp³-hybridized carbons (Fsp3) is 0.520. The van der Waals surface area contributed by atoms with E-state index in [-0.39, 0.29) is 58.4 Å². The molecule has 0 fully saturated rings. The summed E-state index contributed by atoms with van der Waals surface area (Å²) in [7, 11) is 0. The Morgan fingerprint density at radius 2 is 1.00 bits per heavy atom. The summed E-state index contributed by atoms with van der Waals surface area (Å²) < 4.78 is 0. The van der Waals surface area contributed by atoms with Gasteiger partial charge in [0.15, 0.2) is 0 Å². The van der Waals surface area contributed by atoms with Crippen molar-refractivity contribution < 1.29 is 0 Å². The first kappa shape index (κ1) is 35.4. The molecular formula is C25H44Br3N3. The SMILES string of the molecule is Br.Br.Br.C.CCNCCCNCCCCNCCC(c1ccccc1)c1ccccc1. The number of hydrogen-bond donors (Lipinski definition) is 3. The highest BCUT2D eigenvalue weighted by Crippen LogP contribution is 2.27. The van der Waals surface area contributed by atoms with Gasteiger partial charge in [0.2, 0.25) is 0 Å². The van der Waals surface area contributed by atoms with Gasteiger partial charge in [0.1, 0.15) is 0 Å². The summed E-state index contributed by atoms with van der Waals surface area (Å²) in [5, 5.41) is 10.5. The zero-order valence-electron chi connectivity index (χ0n) is 18.1. The monoisotopic (exact) mass is 623 g/mol. The highest BCUT2D eigenvalue weighted by atomic mass is 79.9. The van der Waals surface area contributed by atoms with Crippen molar-refractivity contribution in [2.45, 2.75) is 46.0 Å². The van der Waals surface area contributed by atoms with Crippen LogP contribution in [-0.2, 0) is 0 Å². The molecule has 180 valence electrons. The third-order valence-electron chi connectivity index (χ3n) is 4.93. The van der Waals surface area contributed by atoms with Crippen molar-refractivity contribution in [2.75, 3.05) is 39.3 Å². The molecule has 0 saturated heterocycles. The van der Waals surface area contributed by atoms with Crippen molar-refractivity contribution in [3.63, 3.8) is 0 Å². The summed E-state index contributed by atoms with van der Waals surface area (Å²) in [5.41, 5.74) is 2.82. The second-order valence-electron chi connectivity index (χ2n) is 7.08. The molecule has 31 heavy (non-hydrogen) atoms. The van der Waals surface area contributed by atoms with Crippen LogP contribution in [0.2, 0.25) is 0 Å². The lowest BCUT2D eigenvalue weighted by atomic mass is 9.88. The average molecular weight is 626 g/mol. The van der Waals surface area contributed by atoms with Gasteiger partial charge in [-0.2, -0.15) is 0 Å². The predicted molar refractivity (Wildman–Crippen MR) is 155 cm³/mol. The molecule has 6 heteroatoms. The quantitative estimate of drug-likeness (QED) is 0.197. The maximum absolute atomic E-state index is 3.64. The Morgan fingerprint density at radius 3 is 1.48 bits per heavy atom. The average Bonchev–Trinajstić information content (AvgIpc) is 2.73. The fourth-order valence-corrected chi connectivity index (χ4v) is 3.41. The van der Waals surface area contributed by atoms with Crippen molar-refractivity contribution in [2.24, 2.45) is 0 Å². The van der Waals surface area contributed by atoms with Crippen LogP contribution in [-0.4, -0.2) is 39.3 Å². The van der Waals surface area contributed by atoms with Gasteiger partial charge in [0.25, 0.3) is 0 Å². The van der Waals surface area contributed by atoms with Gasteiger partial charge in [-0.3, -0.25) is 0 Å². The van der Waals surface area contributed by atoms with E-state index in [4.69, 9.17) is 0 Å². The smallest absolute Gasteiger partial charge is 0.0101 e. The van der Waals surface area contributed by atoms with Crippen LogP contribution in [0.15, 0.2) is 60.7 Å². The minimum atomic E-state index is 0. The molecule has 0 radical (unpaired) electrons. The Balaban J connectivity index is -0.00000196. The van der Waals surface area contributed by atoms with Crippen LogP contribution >= 0.6 is 50.9 Å². The zero-order valence-corrected chi connectivity index (χ0v) is 23.3. The maximum atomic E-state index is 3.64. The molecule has 0 atom stereocenters. The fourth-order valence-electron chi connectivity index (χ4n) is 3.41. The molecule has 0 saturated carbocycles. The van der Waals surface area contributed by atoms with Crippen LogP contribution < -0.4 is 16.0 Å². The Bertz CT molecular complexity index is 546. The Kier molecular flexibility index (Phi) is 27.8. The molecule has 0 bridgehead atoms. The van der Waals surface area contributed by atoms with Crippen LogP contribution in [0.4, 0.5) is 0 Å². The van der Waals surface area contributed by atoms with E-state index in [0.29, 0.717) is 5.92 Å². The molecule has 0 aliphatic carbocycles. The van der Waals surface area contributed by atoms with E-state index in [2.05, 4.69) is 83.5 Å². The highest BCUT2D eigenvalue weighted by Gasteiger charge is 2.12. The number of rotatable bonds is 15. The summed E-state index contributed by atoms with van der Waals surface area (Å²) in [6.07, 6.45) is 4.83. The first-order chi connectivity index (χ1) is 13.4. The first-order valence-electron chi connectivity index (χ1n) is 10.6. The molecule has 0 heterocycles. The summed E-state index contributed by atoms with van der Waals surface area (Å²) in [6, 6.07) is 21.8. The normalized spacial score (nSPS) is 9.74. The Morgan fingerprint density at radius 1 is 0.581 bits per heavy atom. The van der Waals surface area contributed by atoms with Crippen molar-refractivity contribution in [1.82, 2.24) is 16.0 Å². The van der Waals surface area contributed by atoms with Gasteiger partial charge < -0.3 is 16.0 Å². The van der Waals surface area contributed by atoms with Crippen LogP contribution in [0.3, 0.4) is 0 Å². The number of hydrogen-bond acceptors (Lipinski definition) is 3. The van der Waals surface area contributed by atoms with Crippen molar-refractivity contribution in [3.05, 3.63) is 71.8 Å². The third-order valence-corrected chi connectivity index (χ3v) is 4.93. The molecule has 2 aromatic rings. The third kappa shape index (κ3) is 16.1. The van der Waals surface area contributed by atoms with Crippen LogP contribution in [0.1, 0.15) is 57.1 Å². The van der Waals surface area contributed by atoms with E-state index < -0.39 is 0 Å². The number of unbranched alkanes of at least 4 members (excludes halogenated alkanes) is 1. The summed E-state index contributed by atoms with van der Waals surface area (Å²) in [6.45, 7) is 8.76. The van der Waals surface area contributed by atoms with Gasteiger partial charge >= 0.3 is 0 Å². The van der Waals surface area contributed by atoms with E-state index in [9.17, 15) is 0 Å². The van der Waals surface area contributed by atoms with Gasteiger partial charge in [-0.1, -0.05) is 75.0 Å². The number of nitrogens with one attached hydrogen (secondary N) is 3. The van der Waals surface area contributed by atoms with Crippen molar-refractivity contribution >= 4 is 50.9 Å². The largest absolute Gasteiger partial charge is 0.317 e. The standard InChI is InChI=1S/C24H37N3.CH4.3BrH/c1-2-25-19-11-20-26-17-9-10-18-27-21-16-24(22-12-5-3-6-13-22)23-14-7-4-8-15-23;;;;/h3-8,12-15,24-27H,2,9-11,16-21H2,1H3;1H4;3*1H. The maximum Gasteiger partial charge on any atom is 0.0101 e. The molecule has 0 spiro atoms. The molecule has 0 aliphatic heterocycles. The summed E-state index contributed by atoms with van der Waals surface area (Å²) in [5.74, 6) is 0.471. The van der Waals surface area contributed by atoms with Crippen molar-refractivity contribution in [3.8, 4) is 0 Å². The molecule has 0 amide bonds. The minimum Gasteiger partial charge on any atom is -0.317 e. The topological polar surface area (TPSA) is 36.1 Å². The lowest BCUT2D eigenvalue weighted by molar-refractivity contribution is 0.551. The predicted octanol–water partition coefficient (Wildman–Crippen LogP) is 6.54. The Hall–Kier alpha value is -0.240. The van der Waals surface area contributed by atoms with E-state index in [1.54, 1.807) is 0 Å². The van der Waals surface area contributed by atoms with Crippen LogP contribution in [0, 0.1) is 0 Å². The van der Waals surface area contributed by atoms with E-state index in [1.165, 1.54) is 30.4 Å². The number of benzene rings is 2. The van der Waals surface area contributed by atoms with E-state index in [0.717, 1.165) is 45.7 Å². The van der Waals surface area contributed by atoms with Gasteiger partial charge in [-0.25, -0.2) is 0 Å². The summed E-state index contributed by atoms with van der Waals surface area (Å²) >= 11 is 0. The molecular weight excluding hydrogens is 582 g/mol. The Labute approximate surface area is 222 Å². The molecule has 2 aromatic carbocycles. The molecule has 0 unspecified atom stereocenters. The second-order valence-corrected chi connectivity index (χ2v) is 7.08. The lowest BCUT2D eigenvalue weighted by Crippen LogP contribution is -2.24. The second kappa shape index (κ2) is 24.4. The van der Waals surface area contributed by atoms with E-state index >= 15 is 0 Å². The zero-order chi connectivity index (χ0) is 19.0. The molecule has 3 N–H and O–H groups in total. The van der Waals surface area contributed by atoms with Crippen molar-refractivity contribution in [1.29, 1.82) is 0 Å². The molecule has 3 nitrogen and oxygen atoms in total. The van der Waals surface area contributed by atoms with Gasteiger partial charge in [-0.15, -0.1) is 50.9 Å². The highest BCUT2D eigenvalue weighted by molar-refractivity contribution is 8.93. The first-order valence-corrected chi connectivity index (χ1v) is 10.6. The van der Waals surface area contributed by atoms with Crippen LogP contribution in [0.25, 0.3) is 0 Å². The van der Waals surface area contributed by atoms with E-state index in [1.807, 2.05) is 0 Å². The molecule has 0 aromatic heterocycles. The minimum absolute atomic E-state index is 0.